The second kappa shape index (κ2) is 4.64. The summed E-state index contributed by atoms with van der Waals surface area (Å²) in [5.74, 6) is -1.49. The lowest BCUT2D eigenvalue weighted by atomic mass is 10.1. The summed E-state index contributed by atoms with van der Waals surface area (Å²) >= 11 is 0. The molecule has 0 fully saturated rings. The van der Waals surface area contributed by atoms with E-state index >= 15 is 0 Å². The quantitative estimate of drug-likeness (QED) is 0.469. The van der Waals surface area contributed by atoms with Crippen molar-refractivity contribution < 1.29 is 27.7 Å². The van der Waals surface area contributed by atoms with E-state index in [1.807, 2.05) is 0 Å². The molecule has 7 heteroatoms. The molecule has 0 saturated heterocycles. The minimum atomic E-state index is -4.51. The molecule has 0 saturated carbocycles. The maximum absolute atomic E-state index is 11.5. The van der Waals surface area contributed by atoms with Gasteiger partial charge in [0.2, 0.25) is 0 Å². The van der Waals surface area contributed by atoms with E-state index in [0.717, 1.165) is 18.2 Å². The third-order valence-electron chi connectivity index (χ3n) is 1.92. The van der Waals surface area contributed by atoms with Crippen molar-refractivity contribution >= 4 is 21.7 Å². The Kier molecular flexibility index (Phi) is 3.64. The van der Waals surface area contributed by atoms with Crippen molar-refractivity contribution in [2.45, 2.75) is 18.2 Å². The molecular formula is C10H10O6S. The molecule has 0 bridgehead atoms. The van der Waals surface area contributed by atoms with Crippen molar-refractivity contribution in [2.75, 3.05) is 0 Å². The van der Waals surface area contributed by atoms with Gasteiger partial charge in [0.25, 0.3) is 10.1 Å². The predicted molar refractivity (Wildman–Crippen MR) is 57.5 cm³/mol. The molecule has 0 amide bonds. The Labute approximate surface area is 97.6 Å². The van der Waals surface area contributed by atoms with Gasteiger partial charge in [0.05, 0.1) is 11.3 Å². The lowest BCUT2D eigenvalue weighted by Crippen LogP contribution is -2.07. The maximum atomic E-state index is 11.5. The third-order valence-corrected chi connectivity index (χ3v) is 2.75. The Bertz CT molecular complexity index is 572. The summed E-state index contributed by atoms with van der Waals surface area (Å²) in [7, 11) is -4.51. The first-order valence-corrected chi connectivity index (χ1v) is 5.98. The molecule has 0 aliphatic rings. The molecule has 92 valence electrons. The SMILES string of the molecule is CC(=O)CC(=O)c1cc(O)cc(S(=O)(=O)O)c1. The normalized spacial score (nSPS) is 11.2. The van der Waals surface area contributed by atoms with Crippen LogP contribution in [0.3, 0.4) is 0 Å². The number of Topliss-reactive ketones (excluding diaryl/α,β-unsaturated/α-hetero) is 2. The monoisotopic (exact) mass is 258 g/mol. The van der Waals surface area contributed by atoms with Crippen LogP contribution < -0.4 is 0 Å². The number of phenols is 1. The number of carbonyl (C=O) groups is 2. The highest BCUT2D eigenvalue weighted by Gasteiger charge is 2.16. The highest BCUT2D eigenvalue weighted by molar-refractivity contribution is 7.85. The zero-order valence-corrected chi connectivity index (χ0v) is 9.69. The van der Waals surface area contributed by atoms with Crippen LogP contribution in [0, 0.1) is 0 Å². The Morgan fingerprint density at radius 1 is 1.24 bits per heavy atom. The summed E-state index contributed by atoms with van der Waals surface area (Å²) in [5.41, 5.74) is -0.146. The second-order valence-electron chi connectivity index (χ2n) is 3.49. The van der Waals surface area contributed by atoms with E-state index in [9.17, 15) is 23.1 Å². The van der Waals surface area contributed by atoms with Crippen LogP contribution in [-0.2, 0) is 14.9 Å². The van der Waals surface area contributed by atoms with Gasteiger partial charge in [-0.25, -0.2) is 0 Å². The minimum Gasteiger partial charge on any atom is -0.508 e. The lowest BCUT2D eigenvalue weighted by Gasteiger charge is -2.03. The van der Waals surface area contributed by atoms with Gasteiger partial charge in [0.1, 0.15) is 11.5 Å². The molecule has 0 spiro atoms. The summed E-state index contributed by atoms with van der Waals surface area (Å²) in [6, 6.07) is 2.74. The third kappa shape index (κ3) is 3.65. The van der Waals surface area contributed by atoms with E-state index in [2.05, 4.69) is 0 Å². The van der Waals surface area contributed by atoms with Crippen molar-refractivity contribution in [3.63, 3.8) is 0 Å². The van der Waals surface area contributed by atoms with E-state index in [-0.39, 0.29) is 11.3 Å². The van der Waals surface area contributed by atoms with E-state index < -0.39 is 33.0 Å². The molecule has 1 aromatic carbocycles. The standard InChI is InChI=1S/C10H10O6S/c1-6(11)2-10(13)7-3-8(12)5-9(4-7)17(14,15)16/h3-5,12H,2H2,1H3,(H,14,15,16). The van der Waals surface area contributed by atoms with Crippen molar-refractivity contribution in [2.24, 2.45) is 0 Å². The summed E-state index contributed by atoms with van der Waals surface area (Å²) in [5, 5.41) is 9.23. The van der Waals surface area contributed by atoms with Crippen LogP contribution in [0.1, 0.15) is 23.7 Å². The molecule has 2 N–H and O–H groups in total. The fourth-order valence-electron chi connectivity index (χ4n) is 1.22. The van der Waals surface area contributed by atoms with Crippen LogP contribution in [0.15, 0.2) is 23.1 Å². The van der Waals surface area contributed by atoms with Gasteiger partial charge >= 0.3 is 0 Å². The first kappa shape index (κ1) is 13.3. The maximum Gasteiger partial charge on any atom is 0.294 e. The highest BCUT2D eigenvalue weighted by Crippen LogP contribution is 2.20. The largest absolute Gasteiger partial charge is 0.508 e. The van der Waals surface area contributed by atoms with E-state index in [1.54, 1.807) is 0 Å². The van der Waals surface area contributed by atoms with Crippen molar-refractivity contribution in [3.05, 3.63) is 23.8 Å². The van der Waals surface area contributed by atoms with Gasteiger partial charge in [-0.15, -0.1) is 0 Å². The minimum absolute atomic E-state index is 0.146. The van der Waals surface area contributed by atoms with Gasteiger partial charge in [-0.3, -0.25) is 14.1 Å². The highest BCUT2D eigenvalue weighted by atomic mass is 32.2. The van der Waals surface area contributed by atoms with E-state index in [4.69, 9.17) is 4.55 Å². The number of hydrogen-bond donors (Lipinski definition) is 2. The molecule has 0 atom stereocenters. The molecule has 17 heavy (non-hydrogen) atoms. The molecule has 1 aromatic rings. The van der Waals surface area contributed by atoms with Gasteiger partial charge in [0, 0.05) is 11.6 Å². The zero-order valence-electron chi connectivity index (χ0n) is 8.87. The van der Waals surface area contributed by atoms with Crippen molar-refractivity contribution in [3.8, 4) is 5.75 Å². The Morgan fingerprint density at radius 2 is 1.82 bits per heavy atom. The van der Waals surface area contributed by atoms with Gasteiger partial charge in [-0.1, -0.05) is 0 Å². The fraction of sp³-hybridized carbons (Fsp3) is 0.200. The van der Waals surface area contributed by atoms with E-state index in [0.29, 0.717) is 0 Å². The zero-order chi connectivity index (χ0) is 13.2. The number of aromatic hydroxyl groups is 1. The molecule has 0 aliphatic carbocycles. The topological polar surface area (TPSA) is 109 Å². The lowest BCUT2D eigenvalue weighted by molar-refractivity contribution is -0.116. The first-order valence-electron chi connectivity index (χ1n) is 4.54. The summed E-state index contributed by atoms with van der Waals surface area (Å²) < 4.78 is 30.5. The molecule has 6 nitrogen and oxygen atoms in total. The molecule has 0 unspecified atom stereocenters. The van der Waals surface area contributed by atoms with Crippen LogP contribution in [0.5, 0.6) is 5.75 Å². The summed E-state index contributed by atoms with van der Waals surface area (Å²) in [6.45, 7) is 1.21. The number of rotatable bonds is 4. The van der Waals surface area contributed by atoms with Crippen LogP contribution in [0.25, 0.3) is 0 Å². The summed E-state index contributed by atoms with van der Waals surface area (Å²) in [6.07, 6.45) is -0.394. The van der Waals surface area contributed by atoms with E-state index in [1.165, 1.54) is 6.92 Å². The number of carbonyl (C=O) groups excluding carboxylic acids is 2. The fourth-order valence-corrected chi connectivity index (χ4v) is 1.77. The smallest absolute Gasteiger partial charge is 0.294 e. The predicted octanol–water partition coefficient (Wildman–Crippen LogP) is 0.801. The number of hydrogen-bond acceptors (Lipinski definition) is 5. The number of phenolic OH excluding ortho intramolecular Hbond substituents is 1. The first-order chi connectivity index (χ1) is 7.70. The number of benzene rings is 1. The van der Waals surface area contributed by atoms with Gasteiger partial charge in [0.15, 0.2) is 5.78 Å². The van der Waals surface area contributed by atoms with Gasteiger partial charge in [-0.2, -0.15) is 8.42 Å². The Morgan fingerprint density at radius 3 is 2.29 bits per heavy atom. The van der Waals surface area contributed by atoms with Crippen molar-refractivity contribution in [1.29, 1.82) is 0 Å². The number of ketones is 2. The van der Waals surface area contributed by atoms with Crippen LogP contribution in [0.4, 0.5) is 0 Å². The van der Waals surface area contributed by atoms with Crippen LogP contribution >= 0.6 is 0 Å². The van der Waals surface area contributed by atoms with Crippen molar-refractivity contribution in [1.82, 2.24) is 0 Å². The van der Waals surface area contributed by atoms with Crippen LogP contribution in [-0.4, -0.2) is 29.6 Å². The molecule has 0 radical (unpaired) electrons. The summed E-state index contributed by atoms with van der Waals surface area (Å²) in [4.78, 5) is 21.6. The molecule has 0 heterocycles. The molecule has 0 aliphatic heterocycles. The molecule has 1 rings (SSSR count). The average Bonchev–Trinajstić information content (AvgIpc) is 2.14. The second-order valence-corrected chi connectivity index (χ2v) is 4.91. The van der Waals surface area contributed by atoms with Gasteiger partial charge in [-0.05, 0) is 19.1 Å². The van der Waals surface area contributed by atoms with Crippen LogP contribution in [0.2, 0.25) is 0 Å². The molecular weight excluding hydrogens is 248 g/mol. The Hall–Kier alpha value is -1.73. The van der Waals surface area contributed by atoms with Gasteiger partial charge < -0.3 is 5.11 Å². The molecule has 0 aromatic heterocycles. The Balaban J connectivity index is 3.23. The average molecular weight is 258 g/mol.